The van der Waals surface area contributed by atoms with E-state index in [9.17, 15) is 9.59 Å². The molecule has 1 saturated heterocycles. The predicted molar refractivity (Wildman–Crippen MR) is 90.6 cm³/mol. The fourth-order valence-electron chi connectivity index (χ4n) is 2.69. The molecule has 6 nitrogen and oxygen atoms in total. The Labute approximate surface area is 140 Å². The fraction of sp³-hybridized carbons (Fsp3) is 0.333. The number of nitrogens with one attached hydrogen (secondary N) is 3. The molecule has 3 N–H and O–H groups in total. The molecule has 1 fully saturated rings. The summed E-state index contributed by atoms with van der Waals surface area (Å²) in [4.78, 5) is 24.0. The number of piperidine rings is 1. The van der Waals surface area contributed by atoms with Gasteiger partial charge in [0.15, 0.2) is 5.76 Å². The maximum Gasteiger partial charge on any atom is 0.291 e. The van der Waals surface area contributed by atoms with Gasteiger partial charge in [-0.05, 0) is 49.2 Å². The number of rotatable bonds is 5. The van der Waals surface area contributed by atoms with Crippen LogP contribution in [-0.4, -0.2) is 24.4 Å². The van der Waals surface area contributed by atoms with E-state index in [0.29, 0.717) is 12.2 Å². The number of anilines is 1. The van der Waals surface area contributed by atoms with Gasteiger partial charge in [0.2, 0.25) is 5.91 Å². The van der Waals surface area contributed by atoms with E-state index in [0.717, 1.165) is 31.4 Å². The highest BCUT2D eigenvalue weighted by Gasteiger charge is 2.19. The summed E-state index contributed by atoms with van der Waals surface area (Å²) in [5.74, 6) is 0.0284. The van der Waals surface area contributed by atoms with Crippen molar-refractivity contribution in [2.24, 2.45) is 0 Å². The summed E-state index contributed by atoms with van der Waals surface area (Å²) in [5, 5.41) is 8.94. The van der Waals surface area contributed by atoms with E-state index in [4.69, 9.17) is 4.42 Å². The molecule has 3 rings (SSSR count). The summed E-state index contributed by atoms with van der Waals surface area (Å²) < 4.78 is 5.05. The summed E-state index contributed by atoms with van der Waals surface area (Å²) in [6.45, 7) is 1.38. The van der Waals surface area contributed by atoms with Crippen LogP contribution in [0.5, 0.6) is 0 Å². The Morgan fingerprint density at radius 3 is 2.67 bits per heavy atom. The monoisotopic (exact) mass is 327 g/mol. The van der Waals surface area contributed by atoms with Crippen molar-refractivity contribution in [2.75, 3.05) is 11.9 Å². The molecule has 0 saturated carbocycles. The summed E-state index contributed by atoms with van der Waals surface area (Å²) in [6.07, 6.45) is 4.58. The van der Waals surface area contributed by atoms with Crippen LogP contribution in [-0.2, 0) is 11.3 Å². The van der Waals surface area contributed by atoms with Crippen LogP contribution in [0.4, 0.5) is 5.69 Å². The van der Waals surface area contributed by atoms with E-state index in [1.165, 1.54) is 6.26 Å². The van der Waals surface area contributed by atoms with Crippen molar-refractivity contribution < 1.29 is 14.0 Å². The minimum absolute atomic E-state index is 0.0462. The molecule has 126 valence electrons. The highest BCUT2D eigenvalue weighted by atomic mass is 16.3. The van der Waals surface area contributed by atoms with E-state index >= 15 is 0 Å². The molecule has 0 radical (unpaired) electrons. The van der Waals surface area contributed by atoms with Crippen molar-refractivity contribution in [1.82, 2.24) is 10.6 Å². The number of hydrogen-bond acceptors (Lipinski definition) is 4. The lowest BCUT2D eigenvalue weighted by molar-refractivity contribution is -0.123. The minimum atomic E-state index is -0.288. The van der Waals surface area contributed by atoms with Gasteiger partial charge in [0.1, 0.15) is 0 Å². The van der Waals surface area contributed by atoms with Gasteiger partial charge >= 0.3 is 0 Å². The predicted octanol–water partition coefficient (Wildman–Crippen LogP) is 2.29. The van der Waals surface area contributed by atoms with Gasteiger partial charge in [-0.2, -0.15) is 0 Å². The van der Waals surface area contributed by atoms with E-state index in [2.05, 4.69) is 16.0 Å². The quantitative estimate of drug-likeness (QED) is 0.787. The van der Waals surface area contributed by atoms with Gasteiger partial charge < -0.3 is 20.4 Å². The number of furan rings is 1. The zero-order chi connectivity index (χ0) is 16.8. The third-order valence-electron chi connectivity index (χ3n) is 4.05. The van der Waals surface area contributed by atoms with Gasteiger partial charge in [-0.3, -0.25) is 9.59 Å². The smallest absolute Gasteiger partial charge is 0.291 e. The molecule has 0 aliphatic carbocycles. The first-order valence-corrected chi connectivity index (χ1v) is 8.17. The van der Waals surface area contributed by atoms with Crippen LogP contribution in [0.1, 0.15) is 35.4 Å². The van der Waals surface area contributed by atoms with Gasteiger partial charge in [0.05, 0.1) is 12.3 Å². The number of benzene rings is 1. The second-order valence-electron chi connectivity index (χ2n) is 5.85. The average Bonchev–Trinajstić information content (AvgIpc) is 3.16. The normalized spacial score (nSPS) is 17.2. The van der Waals surface area contributed by atoms with Crippen LogP contribution in [0, 0.1) is 0 Å². The first-order valence-electron chi connectivity index (χ1n) is 8.17. The Balaban J connectivity index is 1.49. The standard InChI is InChI=1S/C18H21N3O3/c22-17(15-4-1-2-10-19-15)20-12-13-6-8-14(9-7-13)21-18(23)16-5-3-11-24-16/h3,5-9,11,15,19H,1-2,4,10,12H2,(H,20,22)(H,21,23). The van der Waals surface area contributed by atoms with E-state index in [1.807, 2.05) is 12.1 Å². The zero-order valence-electron chi connectivity index (χ0n) is 13.4. The third kappa shape index (κ3) is 4.23. The molecule has 1 aliphatic rings. The lowest BCUT2D eigenvalue weighted by Gasteiger charge is -2.22. The number of carbonyl (C=O) groups is 2. The molecule has 1 aliphatic heterocycles. The van der Waals surface area contributed by atoms with Crippen LogP contribution < -0.4 is 16.0 Å². The molecular formula is C18H21N3O3. The molecule has 2 heterocycles. The molecular weight excluding hydrogens is 306 g/mol. The summed E-state index contributed by atoms with van der Waals surface area (Å²) in [6, 6.07) is 10.6. The first kappa shape index (κ1) is 16.3. The Hall–Kier alpha value is -2.60. The molecule has 0 bridgehead atoms. The highest BCUT2D eigenvalue weighted by molar-refractivity contribution is 6.02. The van der Waals surface area contributed by atoms with Gasteiger partial charge in [-0.25, -0.2) is 0 Å². The fourth-order valence-corrected chi connectivity index (χ4v) is 2.69. The van der Waals surface area contributed by atoms with Gasteiger partial charge in [-0.1, -0.05) is 18.6 Å². The number of carbonyl (C=O) groups excluding carboxylic acids is 2. The Morgan fingerprint density at radius 2 is 2.00 bits per heavy atom. The van der Waals surface area contributed by atoms with Crippen molar-refractivity contribution in [1.29, 1.82) is 0 Å². The van der Waals surface area contributed by atoms with E-state index < -0.39 is 0 Å². The second kappa shape index (κ2) is 7.79. The van der Waals surface area contributed by atoms with Crippen LogP contribution in [0.25, 0.3) is 0 Å². The topological polar surface area (TPSA) is 83.4 Å². The van der Waals surface area contributed by atoms with Gasteiger partial charge in [0.25, 0.3) is 5.91 Å². The molecule has 1 unspecified atom stereocenters. The second-order valence-corrected chi connectivity index (χ2v) is 5.85. The van der Waals surface area contributed by atoms with Crippen LogP contribution in [0.2, 0.25) is 0 Å². The lowest BCUT2D eigenvalue weighted by Crippen LogP contribution is -2.46. The number of hydrogen-bond donors (Lipinski definition) is 3. The summed E-state index contributed by atoms with van der Waals surface area (Å²) >= 11 is 0. The molecule has 2 amide bonds. The Morgan fingerprint density at radius 1 is 1.17 bits per heavy atom. The Bertz CT molecular complexity index is 674. The minimum Gasteiger partial charge on any atom is -0.459 e. The maximum atomic E-state index is 12.1. The van der Waals surface area contributed by atoms with E-state index in [-0.39, 0.29) is 23.6 Å². The average molecular weight is 327 g/mol. The summed E-state index contributed by atoms with van der Waals surface area (Å²) in [7, 11) is 0. The van der Waals surface area contributed by atoms with Crippen LogP contribution >= 0.6 is 0 Å². The number of amides is 2. The Kier molecular flexibility index (Phi) is 5.28. The molecule has 2 aromatic rings. The first-order chi connectivity index (χ1) is 11.7. The third-order valence-corrected chi connectivity index (χ3v) is 4.05. The molecule has 1 aromatic heterocycles. The molecule has 24 heavy (non-hydrogen) atoms. The van der Waals surface area contributed by atoms with Crippen molar-refractivity contribution in [3.05, 3.63) is 54.0 Å². The SMILES string of the molecule is O=C(Nc1ccc(CNC(=O)C2CCCCN2)cc1)c1ccco1. The zero-order valence-corrected chi connectivity index (χ0v) is 13.4. The molecule has 1 atom stereocenters. The summed E-state index contributed by atoms with van der Waals surface area (Å²) in [5.41, 5.74) is 1.66. The van der Waals surface area contributed by atoms with Crippen molar-refractivity contribution in [3.63, 3.8) is 0 Å². The maximum absolute atomic E-state index is 12.1. The van der Waals surface area contributed by atoms with Crippen LogP contribution in [0.15, 0.2) is 47.1 Å². The molecule has 1 aromatic carbocycles. The van der Waals surface area contributed by atoms with Crippen molar-refractivity contribution >= 4 is 17.5 Å². The van der Waals surface area contributed by atoms with Gasteiger partial charge in [0, 0.05) is 12.2 Å². The molecule has 6 heteroatoms. The van der Waals surface area contributed by atoms with Crippen LogP contribution in [0.3, 0.4) is 0 Å². The lowest BCUT2D eigenvalue weighted by atomic mass is 10.0. The van der Waals surface area contributed by atoms with Crippen molar-refractivity contribution in [3.8, 4) is 0 Å². The highest BCUT2D eigenvalue weighted by Crippen LogP contribution is 2.12. The van der Waals surface area contributed by atoms with E-state index in [1.54, 1.807) is 24.3 Å². The van der Waals surface area contributed by atoms with Gasteiger partial charge in [-0.15, -0.1) is 0 Å². The largest absolute Gasteiger partial charge is 0.459 e. The molecule has 0 spiro atoms. The van der Waals surface area contributed by atoms with Crippen molar-refractivity contribution in [2.45, 2.75) is 31.8 Å².